The number of anilines is 2. The second-order valence-corrected chi connectivity index (χ2v) is 5.69. The van der Waals surface area contributed by atoms with E-state index in [0.29, 0.717) is 17.0 Å². The van der Waals surface area contributed by atoms with Crippen molar-refractivity contribution >= 4 is 17.4 Å². The largest absolute Gasteiger partial charge is 0.457 e. The van der Waals surface area contributed by atoms with Crippen molar-refractivity contribution in [3.63, 3.8) is 0 Å². The van der Waals surface area contributed by atoms with Crippen LogP contribution in [-0.2, 0) is 0 Å². The van der Waals surface area contributed by atoms with Crippen molar-refractivity contribution in [3.8, 4) is 11.5 Å². The van der Waals surface area contributed by atoms with Gasteiger partial charge in [-0.25, -0.2) is 4.98 Å². The zero-order valence-corrected chi connectivity index (χ0v) is 14.1. The number of ether oxygens (including phenoxy) is 1. The van der Waals surface area contributed by atoms with Crippen molar-refractivity contribution in [1.82, 2.24) is 4.98 Å². The summed E-state index contributed by atoms with van der Waals surface area (Å²) < 4.78 is 5.72. The van der Waals surface area contributed by atoms with Gasteiger partial charge >= 0.3 is 0 Å². The van der Waals surface area contributed by atoms with Crippen LogP contribution in [0.1, 0.15) is 10.4 Å². The van der Waals surface area contributed by atoms with Gasteiger partial charge in [0.1, 0.15) is 17.3 Å². The van der Waals surface area contributed by atoms with Gasteiger partial charge in [-0.2, -0.15) is 0 Å². The quantitative estimate of drug-likeness (QED) is 0.760. The summed E-state index contributed by atoms with van der Waals surface area (Å²) in [5.74, 6) is 2.08. The molecule has 1 amide bonds. The van der Waals surface area contributed by atoms with Gasteiger partial charge in [0, 0.05) is 19.7 Å². The molecule has 0 saturated heterocycles. The van der Waals surface area contributed by atoms with Crippen molar-refractivity contribution in [2.75, 3.05) is 24.3 Å². The Balaban J connectivity index is 1.64. The van der Waals surface area contributed by atoms with Gasteiger partial charge in [-0.15, -0.1) is 0 Å². The third-order valence-electron chi connectivity index (χ3n) is 3.56. The number of aromatic nitrogens is 1. The highest BCUT2D eigenvalue weighted by Gasteiger charge is 2.07. The normalized spacial score (nSPS) is 10.2. The number of amides is 1. The molecule has 3 aromatic rings. The number of benzene rings is 2. The zero-order valence-electron chi connectivity index (χ0n) is 14.1. The van der Waals surface area contributed by atoms with Crippen LogP contribution in [0.5, 0.6) is 11.5 Å². The first-order valence-corrected chi connectivity index (χ1v) is 7.89. The minimum Gasteiger partial charge on any atom is -0.457 e. The highest BCUT2D eigenvalue weighted by atomic mass is 16.5. The molecule has 0 aliphatic rings. The van der Waals surface area contributed by atoms with Crippen molar-refractivity contribution in [2.24, 2.45) is 0 Å². The molecule has 0 atom stereocenters. The third-order valence-corrected chi connectivity index (χ3v) is 3.56. The Morgan fingerprint density at radius 1 is 0.920 bits per heavy atom. The Kier molecular flexibility index (Phi) is 4.95. The number of pyridine rings is 1. The van der Waals surface area contributed by atoms with Crippen LogP contribution in [0.3, 0.4) is 0 Å². The highest BCUT2D eigenvalue weighted by Crippen LogP contribution is 2.21. The van der Waals surface area contributed by atoms with Crippen molar-refractivity contribution in [3.05, 3.63) is 78.5 Å². The van der Waals surface area contributed by atoms with Crippen molar-refractivity contribution in [2.45, 2.75) is 0 Å². The molecular weight excluding hydrogens is 314 g/mol. The van der Waals surface area contributed by atoms with Crippen LogP contribution in [0.15, 0.2) is 72.9 Å². The predicted molar refractivity (Wildman–Crippen MR) is 99.5 cm³/mol. The molecule has 0 spiro atoms. The lowest BCUT2D eigenvalue weighted by molar-refractivity contribution is 0.102. The summed E-state index contributed by atoms with van der Waals surface area (Å²) in [6.45, 7) is 0. The minimum atomic E-state index is -0.189. The number of hydrogen-bond donors (Lipinski definition) is 1. The lowest BCUT2D eigenvalue weighted by Crippen LogP contribution is -2.13. The van der Waals surface area contributed by atoms with E-state index in [1.165, 1.54) is 0 Å². The summed E-state index contributed by atoms with van der Waals surface area (Å²) in [5, 5.41) is 2.83. The Bertz CT molecular complexity index is 829. The van der Waals surface area contributed by atoms with E-state index < -0.39 is 0 Å². The molecule has 5 nitrogen and oxygen atoms in total. The van der Waals surface area contributed by atoms with E-state index in [1.807, 2.05) is 61.5 Å². The maximum Gasteiger partial charge on any atom is 0.255 e. The Morgan fingerprint density at radius 3 is 2.20 bits per heavy atom. The molecule has 0 radical (unpaired) electrons. The molecule has 126 valence electrons. The second-order valence-electron chi connectivity index (χ2n) is 5.69. The Labute approximate surface area is 146 Å². The molecule has 3 rings (SSSR count). The number of carbonyl (C=O) groups is 1. The molecule has 1 N–H and O–H groups in total. The van der Waals surface area contributed by atoms with E-state index in [0.717, 1.165) is 11.6 Å². The van der Waals surface area contributed by atoms with Crippen LogP contribution in [0.25, 0.3) is 0 Å². The van der Waals surface area contributed by atoms with E-state index in [4.69, 9.17) is 4.74 Å². The smallest absolute Gasteiger partial charge is 0.255 e. The Hall–Kier alpha value is -3.34. The lowest BCUT2D eigenvalue weighted by Gasteiger charge is -2.12. The van der Waals surface area contributed by atoms with E-state index in [1.54, 1.807) is 30.5 Å². The number of nitrogens with one attached hydrogen (secondary N) is 1. The van der Waals surface area contributed by atoms with Crippen LogP contribution in [0.2, 0.25) is 0 Å². The number of rotatable bonds is 5. The van der Waals surface area contributed by atoms with Gasteiger partial charge < -0.3 is 15.0 Å². The van der Waals surface area contributed by atoms with Crippen molar-refractivity contribution < 1.29 is 9.53 Å². The molecule has 2 aromatic carbocycles. The first-order valence-electron chi connectivity index (χ1n) is 7.89. The number of para-hydroxylation sites is 1. The molecule has 0 aliphatic heterocycles. The van der Waals surface area contributed by atoms with Crippen LogP contribution >= 0.6 is 0 Å². The molecule has 0 unspecified atom stereocenters. The summed E-state index contributed by atoms with van der Waals surface area (Å²) >= 11 is 0. The molecule has 1 aromatic heterocycles. The zero-order chi connectivity index (χ0) is 17.6. The minimum absolute atomic E-state index is 0.189. The molecule has 0 aliphatic carbocycles. The molecule has 0 bridgehead atoms. The predicted octanol–water partition coefficient (Wildman–Crippen LogP) is 4.19. The maximum absolute atomic E-state index is 12.3. The molecule has 1 heterocycles. The van der Waals surface area contributed by atoms with Gasteiger partial charge in [0.15, 0.2) is 0 Å². The number of hydrogen-bond acceptors (Lipinski definition) is 4. The average molecular weight is 333 g/mol. The third kappa shape index (κ3) is 4.35. The standard InChI is InChI=1S/C20H19N3O2/c1-23(2)19-13-10-16(14-21-19)22-20(24)15-8-11-18(12-9-15)25-17-6-4-3-5-7-17/h3-14H,1-2H3,(H,22,24). The SMILES string of the molecule is CN(C)c1ccc(NC(=O)c2ccc(Oc3ccccc3)cc2)cn1. The Morgan fingerprint density at radius 2 is 1.60 bits per heavy atom. The first-order chi connectivity index (χ1) is 12.1. The summed E-state index contributed by atoms with van der Waals surface area (Å²) in [6, 6.07) is 20.2. The van der Waals surface area contributed by atoms with E-state index in [-0.39, 0.29) is 5.91 Å². The van der Waals surface area contributed by atoms with Gasteiger partial charge in [-0.05, 0) is 48.5 Å². The topological polar surface area (TPSA) is 54.5 Å². The van der Waals surface area contributed by atoms with Crippen LogP contribution in [0.4, 0.5) is 11.5 Å². The molecule has 25 heavy (non-hydrogen) atoms. The lowest BCUT2D eigenvalue weighted by atomic mass is 10.2. The fraction of sp³-hybridized carbons (Fsp3) is 0.100. The van der Waals surface area contributed by atoms with E-state index >= 15 is 0 Å². The summed E-state index contributed by atoms with van der Waals surface area (Å²) in [7, 11) is 3.83. The molecule has 0 fully saturated rings. The average Bonchev–Trinajstić information content (AvgIpc) is 2.63. The van der Waals surface area contributed by atoms with Crippen LogP contribution in [0, 0.1) is 0 Å². The molecular formula is C20H19N3O2. The molecule has 5 heteroatoms. The fourth-order valence-electron chi connectivity index (χ4n) is 2.23. The van der Waals surface area contributed by atoms with E-state index in [2.05, 4.69) is 10.3 Å². The van der Waals surface area contributed by atoms with E-state index in [9.17, 15) is 4.79 Å². The van der Waals surface area contributed by atoms with Gasteiger partial charge in [-0.3, -0.25) is 4.79 Å². The van der Waals surface area contributed by atoms with Gasteiger partial charge in [-0.1, -0.05) is 18.2 Å². The van der Waals surface area contributed by atoms with Crippen molar-refractivity contribution in [1.29, 1.82) is 0 Å². The molecule has 0 saturated carbocycles. The highest BCUT2D eigenvalue weighted by molar-refractivity contribution is 6.04. The maximum atomic E-state index is 12.3. The second kappa shape index (κ2) is 7.49. The number of carbonyl (C=O) groups excluding carboxylic acids is 1. The fourth-order valence-corrected chi connectivity index (χ4v) is 2.23. The summed E-state index contributed by atoms with van der Waals surface area (Å²) in [6.07, 6.45) is 1.64. The summed E-state index contributed by atoms with van der Waals surface area (Å²) in [4.78, 5) is 18.5. The van der Waals surface area contributed by atoms with Gasteiger partial charge in [0.25, 0.3) is 5.91 Å². The first kappa shape index (κ1) is 16.5. The van der Waals surface area contributed by atoms with Gasteiger partial charge in [0.2, 0.25) is 0 Å². The monoisotopic (exact) mass is 333 g/mol. The van der Waals surface area contributed by atoms with Crippen LogP contribution in [-0.4, -0.2) is 25.0 Å². The van der Waals surface area contributed by atoms with Crippen LogP contribution < -0.4 is 15.0 Å². The number of nitrogens with zero attached hydrogens (tertiary/aromatic N) is 2. The van der Waals surface area contributed by atoms with Gasteiger partial charge in [0.05, 0.1) is 11.9 Å². The summed E-state index contributed by atoms with van der Waals surface area (Å²) in [5.41, 5.74) is 1.21.